The Morgan fingerprint density at radius 2 is 1.77 bits per heavy atom. The molecule has 0 radical (unpaired) electrons. The summed E-state index contributed by atoms with van der Waals surface area (Å²) < 4.78 is 0. The molecule has 7 heteroatoms. The quantitative estimate of drug-likeness (QED) is 0.464. The average molecular weight is 385 g/mol. The maximum atomic E-state index is 12.1. The molecule has 5 nitrogen and oxygen atoms in total. The standard InChI is InChI=1S/C19H20N4OS2/c1-13-10-14(2)22-19(21-13)26-12-18(24)23-16-7-5-15(6-8-16)20-11-17-4-3-9-25-17/h3-10,20H,11-12H2,1-2H3,(H,23,24). The second kappa shape index (κ2) is 8.82. The van der Waals surface area contributed by atoms with Crippen LogP contribution < -0.4 is 10.6 Å². The highest BCUT2D eigenvalue weighted by atomic mass is 32.2. The summed E-state index contributed by atoms with van der Waals surface area (Å²) >= 11 is 3.07. The smallest absolute Gasteiger partial charge is 0.234 e. The van der Waals surface area contributed by atoms with Crippen molar-refractivity contribution < 1.29 is 4.79 Å². The summed E-state index contributed by atoms with van der Waals surface area (Å²) in [6.45, 7) is 4.65. The summed E-state index contributed by atoms with van der Waals surface area (Å²) in [7, 11) is 0. The largest absolute Gasteiger partial charge is 0.380 e. The number of hydrogen-bond donors (Lipinski definition) is 2. The van der Waals surface area contributed by atoms with Gasteiger partial charge in [0.15, 0.2) is 5.16 Å². The van der Waals surface area contributed by atoms with Crippen LogP contribution in [0.3, 0.4) is 0 Å². The molecule has 0 saturated heterocycles. The first-order chi connectivity index (χ1) is 12.6. The van der Waals surface area contributed by atoms with Crippen molar-refractivity contribution in [2.24, 2.45) is 0 Å². The highest BCUT2D eigenvalue weighted by Gasteiger charge is 2.07. The third kappa shape index (κ3) is 5.57. The lowest BCUT2D eigenvalue weighted by atomic mass is 10.2. The number of thioether (sulfide) groups is 1. The molecule has 26 heavy (non-hydrogen) atoms. The number of aryl methyl sites for hydroxylation is 2. The van der Waals surface area contributed by atoms with E-state index in [1.165, 1.54) is 16.6 Å². The first-order valence-corrected chi connectivity index (χ1v) is 10.1. The van der Waals surface area contributed by atoms with Crippen molar-refractivity contribution in [1.29, 1.82) is 0 Å². The molecule has 0 bridgehead atoms. The predicted molar refractivity (Wildman–Crippen MR) is 109 cm³/mol. The van der Waals surface area contributed by atoms with Gasteiger partial charge in [0.1, 0.15) is 0 Å². The monoisotopic (exact) mass is 384 g/mol. The summed E-state index contributed by atoms with van der Waals surface area (Å²) in [6.07, 6.45) is 0. The van der Waals surface area contributed by atoms with Gasteiger partial charge in [-0.15, -0.1) is 11.3 Å². The van der Waals surface area contributed by atoms with Crippen molar-refractivity contribution in [3.63, 3.8) is 0 Å². The first-order valence-electron chi connectivity index (χ1n) is 8.20. The molecule has 0 aliphatic heterocycles. The second-order valence-corrected chi connectivity index (χ2v) is 7.76. The van der Waals surface area contributed by atoms with E-state index in [0.29, 0.717) is 5.16 Å². The molecule has 0 saturated carbocycles. The molecule has 3 aromatic rings. The fourth-order valence-corrected chi connectivity index (χ4v) is 3.75. The van der Waals surface area contributed by atoms with Gasteiger partial charge in [0.2, 0.25) is 5.91 Å². The Kier molecular flexibility index (Phi) is 6.25. The average Bonchev–Trinajstić information content (AvgIpc) is 3.12. The summed E-state index contributed by atoms with van der Waals surface area (Å²) in [6, 6.07) is 13.8. The number of aromatic nitrogens is 2. The predicted octanol–water partition coefficient (Wildman–Crippen LogP) is 4.50. The van der Waals surface area contributed by atoms with Gasteiger partial charge < -0.3 is 10.6 Å². The van der Waals surface area contributed by atoms with Gasteiger partial charge in [0, 0.05) is 34.2 Å². The van der Waals surface area contributed by atoms with Gasteiger partial charge in [-0.3, -0.25) is 4.79 Å². The topological polar surface area (TPSA) is 66.9 Å². The van der Waals surface area contributed by atoms with Gasteiger partial charge in [0.25, 0.3) is 0 Å². The fraction of sp³-hybridized carbons (Fsp3) is 0.211. The summed E-state index contributed by atoms with van der Waals surface area (Å²) in [5, 5.41) is 8.96. The van der Waals surface area contributed by atoms with Crippen LogP contribution in [-0.4, -0.2) is 21.6 Å². The number of nitrogens with one attached hydrogen (secondary N) is 2. The SMILES string of the molecule is Cc1cc(C)nc(SCC(=O)Nc2ccc(NCc3cccs3)cc2)n1. The number of anilines is 2. The van der Waals surface area contributed by atoms with Gasteiger partial charge in [0.05, 0.1) is 5.75 Å². The zero-order chi connectivity index (χ0) is 18.4. The van der Waals surface area contributed by atoms with Crippen LogP contribution in [0.15, 0.2) is 53.0 Å². The Morgan fingerprint density at radius 1 is 1.08 bits per heavy atom. The molecular weight excluding hydrogens is 364 g/mol. The number of amides is 1. The maximum absolute atomic E-state index is 12.1. The number of hydrogen-bond acceptors (Lipinski definition) is 6. The zero-order valence-corrected chi connectivity index (χ0v) is 16.3. The number of benzene rings is 1. The minimum atomic E-state index is -0.0722. The van der Waals surface area contributed by atoms with Gasteiger partial charge in [-0.25, -0.2) is 9.97 Å². The molecule has 0 unspecified atom stereocenters. The van der Waals surface area contributed by atoms with Gasteiger partial charge >= 0.3 is 0 Å². The van der Waals surface area contributed by atoms with Crippen LogP contribution in [0.25, 0.3) is 0 Å². The molecule has 1 amide bonds. The Balaban J connectivity index is 1.47. The molecule has 1 aromatic carbocycles. The van der Waals surface area contributed by atoms with Crippen molar-refractivity contribution in [1.82, 2.24) is 9.97 Å². The molecule has 3 rings (SSSR count). The van der Waals surface area contributed by atoms with Crippen molar-refractivity contribution in [3.8, 4) is 0 Å². The molecular formula is C19H20N4OS2. The highest BCUT2D eigenvalue weighted by Crippen LogP contribution is 2.18. The third-order valence-electron chi connectivity index (χ3n) is 3.51. The Labute approximate surface area is 161 Å². The normalized spacial score (nSPS) is 10.5. The number of nitrogens with zero attached hydrogens (tertiary/aromatic N) is 2. The number of carbonyl (C=O) groups excluding carboxylic acids is 1. The van der Waals surface area contributed by atoms with E-state index in [-0.39, 0.29) is 11.7 Å². The van der Waals surface area contributed by atoms with Crippen LogP contribution >= 0.6 is 23.1 Å². The molecule has 2 heterocycles. The fourth-order valence-electron chi connectivity index (χ4n) is 2.36. The highest BCUT2D eigenvalue weighted by molar-refractivity contribution is 7.99. The molecule has 0 atom stereocenters. The Morgan fingerprint density at radius 3 is 2.42 bits per heavy atom. The minimum Gasteiger partial charge on any atom is -0.380 e. The number of rotatable bonds is 7. The van der Waals surface area contributed by atoms with Crippen LogP contribution in [0.2, 0.25) is 0 Å². The summed E-state index contributed by atoms with van der Waals surface area (Å²) in [5.74, 6) is 0.207. The van der Waals surface area contributed by atoms with E-state index in [4.69, 9.17) is 0 Å². The van der Waals surface area contributed by atoms with Crippen LogP contribution in [-0.2, 0) is 11.3 Å². The molecule has 0 spiro atoms. The Hall–Kier alpha value is -2.38. The number of carbonyl (C=O) groups is 1. The van der Waals surface area contributed by atoms with Crippen molar-refractivity contribution >= 4 is 40.4 Å². The lowest BCUT2D eigenvalue weighted by molar-refractivity contribution is -0.113. The second-order valence-electron chi connectivity index (χ2n) is 5.78. The van der Waals surface area contributed by atoms with Gasteiger partial charge in [-0.05, 0) is 55.6 Å². The molecule has 2 aromatic heterocycles. The summed E-state index contributed by atoms with van der Waals surface area (Å²) in [4.78, 5) is 22.1. The Bertz CT molecular complexity index is 844. The third-order valence-corrected chi connectivity index (χ3v) is 5.23. The van der Waals surface area contributed by atoms with E-state index in [0.717, 1.165) is 29.3 Å². The zero-order valence-electron chi connectivity index (χ0n) is 14.7. The lowest BCUT2D eigenvalue weighted by Gasteiger charge is -2.08. The van der Waals surface area contributed by atoms with Crippen LogP contribution in [0.5, 0.6) is 0 Å². The molecule has 2 N–H and O–H groups in total. The van der Waals surface area contributed by atoms with E-state index in [2.05, 4.69) is 32.0 Å². The van der Waals surface area contributed by atoms with Gasteiger partial charge in [-0.1, -0.05) is 17.8 Å². The molecule has 134 valence electrons. The van der Waals surface area contributed by atoms with Crippen molar-refractivity contribution in [2.45, 2.75) is 25.5 Å². The number of thiophene rings is 1. The van der Waals surface area contributed by atoms with E-state index < -0.39 is 0 Å². The van der Waals surface area contributed by atoms with Crippen LogP contribution in [0, 0.1) is 13.8 Å². The van der Waals surface area contributed by atoms with Crippen LogP contribution in [0.4, 0.5) is 11.4 Å². The van der Waals surface area contributed by atoms with Crippen LogP contribution in [0.1, 0.15) is 16.3 Å². The molecule has 0 aliphatic carbocycles. The van der Waals surface area contributed by atoms with Gasteiger partial charge in [-0.2, -0.15) is 0 Å². The van der Waals surface area contributed by atoms with E-state index >= 15 is 0 Å². The molecule has 0 aliphatic rings. The van der Waals surface area contributed by atoms with E-state index in [9.17, 15) is 4.79 Å². The minimum absolute atomic E-state index is 0.0722. The van der Waals surface area contributed by atoms with Crippen molar-refractivity contribution in [2.75, 3.05) is 16.4 Å². The van der Waals surface area contributed by atoms with E-state index in [1.807, 2.05) is 50.2 Å². The summed E-state index contributed by atoms with van der Waals surface area (Å²) in [5.41, 5.74) is 3.62. The molecule has 0 fully saturated rings. The first kappa shape index (κ1) is 18.4. The maximum Gasteiger partial charge on any atom is 0.234 e. The van der Waals surface area contributed by atoms with Crippen molar-refractivity contribution in [3.05, 3.63) is 64.1 Å². The lowest BCUT2D eigenvalue weighted by Crippen LogP contribution is -2.14. The van der Waals surface area contributed by atoms with E-state index in [1.54, 1.807) is 11.3 Å².